The van der Waals surface area contributed by atoms with Gasteiger partial charge >= 0.3 is 0 Å². The maximum absolute atomic E-state index is 5.13. The fourth-order valence-corrected chi connectivity index (χ4v) is 1.64. The number of aryl methyl sites for hydroxylation is 1. The predicted molar refractivity (Wildman–Crippen MR) is 75.9 cm³/mol. The van der Waals surface area contributed by atoms with E-state index in [2.05, 4.69) is 43.1 Å². The number of anilines is 2. The highest BCUT2D eigenvalue weighted by Gasteiger charge is 1.96. The third kappa shape index (κ3) is 3.39. The quantitative estimate of drug-likeness (QED) is 0.781. The summed E-state index contributed by atoms with van der Waals surface area (Å²) in [5, 5.41) is 3.35. The molecule has 0 unspecified atom stereocenters. The van der Waals surface area contributed by atoms with Gasteiger partial charge in [0, 0.05) is 11.4 Å². The second-order valence-corrected chi connectivity index (χ2v) is 4.17. The Bertz CT molecular complexity index is 500. The van der Waals surface area contributed by atoms with Gasteiger partial charge in [0.1, 0.15) is 6.61 Å². The molecular weight excluding hydrogens is 222 g/mol. The molecule has 0 amide bonds. The maximum Gasteiger partial charge on any atom is 0.112 e. The molecule has 0 atom stereocenters. The monoisotopic (exact) mass is 239 g/mol. The van der Waals surface area contributed by atoms with Crippen molar-refractivity contribution < 1.29 is 4.74 Å². The van der Waals surface area contributed by atoms with Crippen molar-refractivity contribution in [3.8, 4) is 0 Å². The summed E-state index contributed by atoms with van der Waals surface area (Å²) in [5.41, 5.74) is 4.55. The standard InChI is InChI=1S/C16H17NO/c1-3-18-12-14-6-10-16(11-7-14)17-15-8-4-13(2)5-9-15/h3-11,17H,1,12H2,2H3. The van der Waals surface area contributed by atoms with Gasteiger partial charge in [-0.2, -0.15) is 0 Å². The summed E-state index contributed by atoms with van der Waals surface area (Å²) in [5.74, 6) is 0. The Morgan fingerprint density at radius 3 is 2.11 bits per heavy atom. The Hall–Kier alpha value is -2.22. The van der Waals surface area contributed by atoms with Gasteiger partial charge < -0.3 is 10.1 Å². The van der Waals surface area contributed by atoms with Crippen molar-refractivity contribution in [2.24, 2.45) is 0 Å². The van der Waals surface area contributed by atoms with E-state index < -0.39 is 0 Å². The number of rotatable bonds is 5. The average Bonchev–Trinajstić information content (AvgIpc) is 2.41. The first kappa shape index (κ1) is 12.2. The largest absolute Gasteiger partial charge is 0.497 e. The first-order valence-corrected chi connectivity index (χ1v) is 5.93. The van der Waals surface area contributed by atoms with Crippen LogP contribution < -0.4 is 5.32 Å². The van der Waals surface area contributed by atoms with Crippen LogP contribution in [-0.4, -0.2) is 0 Å². The van der Waals surface area contributed by atoms with Gasteiger partial charge in [0.2, 0.25) is 0 Å². The highest BCUT2D eigenvalue weighted by Crippen LogP contribution is 2.17. The van der Waals surface area contributed by atoms with Crippen LogP contribution >= 0.6 is 0 Å². The number of nitrogens with one attached hydrogen (secondary N) is 1. The number of hydrogen-bond acceptors (Lipinski definition) is 2. The van der Waals surface area contributed by atoms with Crippen molar-refractivity contribution >= 4 is 11.4 Å². The third-order valence-corrected chi connectivity index (χ3v) is 2.66. The second-order valence-electron chi connectivity index (χ2n) is 4.17. The van der Waals surface area contributed by atoms with E-state index >= 15 is 0 Å². The van der Waals surface area contributed by atoms with Gasteiger partial charge in [-0.25, -0.2) is 0 Å². The molecule has 2 rings (SSSR count). The van der Waals surface area contributed by atoms with Gasteiger partial charge in [-0.05, 0) is 36.8 Å². The third-order valence-electron chi connectivity index (χ3n) is 2.66. The highest BCUT2D eigenvalue weighted by molar-refractivity contribution is 5.59. The van der Waals surface area contributed by atoms with Crippen molar-refractivity contribution in [3.63, 3.8) is 0 Å². The summed E-state index contributed by atoms with van der Waals surface area (Å²) >= 11 is 0. The zero-order chi connectivity index (χ0) is 12.8. The van der Waals surface area contributed by atoms with Gasteiger partial charge in [-0.1, -0.05) is 36.4 Å². The molecule has 0 fully saturated rings. The van der Waals surface area contributed by atoms with Crippen LogP contribution in [0.2, 0.25) is 0 Å². The lowest BCUT2D eigenvalue weighted by Crippen LogP contribution is -1.91. The summed E-state index contributed by atoms with van der Waals surface area (Å²) in [6.07, 6.45) is 1.46. The maximum atomic E-state index is 5.13. The molecule has 1 N–H and O–H groups in total. The fourth-order valence-electron chi connectivity index (χ4n) is 1.64. The molecule has 0 aliphatic carbocycles. The summed E-state index contributed by atoms with van der Waals surface area (Å²) in [4.78, 5) is 0. The van der Waals surface area contributed by atoms with Crippen molar-refractivity contribution in [2.45, 2.75) is 13.5 Å². The van der Waals surface area contributed by atoms with Crippen LogP contribution in [0.1, 0.15) is 11.1 Å². The molecule has 18 heavy (non-hydrogen) atoms. The zero-order valence-electron chi connectivity index (χ0n) is 10.5. The fraction of sp³-hybridized carbons (Fsp3) is 0.125. The summed E-state index contributed by atoms with van der Waals surface area (Å²) in [6, 6.07) is 16.5. The predicted octanol–water partition coefficient (Wildman–Crippen LogP) is 4.40. The van der Waals surface area contributed by atoms with Crippen molar-refractivity contribution in [1.82, 2.24) is 0 Å². The van der Waals surface area contributed by atoms with E-state index in [-0.39, 0.29) is 0 Å². The minimum absolute atomic E-state index is 0.564. The average molecular weight is 239 g/mol. The first-order chi connectivity index (χ1) is 8.78. The van der Waals surface area contributed by atoms with Crippen LogP contribution in [0.3, 0.4) is 0 Å². The lowest BCUT2D eigenvalue weighted by molar-refractivity contribution is 0.238. The Balaban J connectivity index is 2.01. The van der Waals surface area contributed by atoms with Gasteiger partial charge in [0.05, 0.1) is 6.26 Å². The lowest BCUT2D eigenvalue weighted by atomic mass is 10.2. The van der Waals surface area contributed by atoms with E-state index in [1.54, 1.807) is 0 Å². The summed E-state index contributed by atoms with van der Waals surface area (Å²) in [6.45, 7) is 6.17. The molecule has 0 saturated carbocycles. The van der Waals surface area contributed by atoms with Crippen LogP contribution in [0, 0.1) is 6.92 Å². The highest BCUT2D eigenvalue weighted by atomic mass is 16.5. The number of benzene rings is 2. The first-order valence-electron chi connectivity index (χ1n) is 5.93. The molecule has 2 nitrogen and oxygen atoms in total. The van der Waals surface area contributed by atoms with E-state index in [0.717, 1.165) is 16.9 Å². The van der Waals surface area contributed by atoms with E-state index in [1.165, 1.54) is 11.8 Å². The number of hydrogen-bond donors (Lipinski definition) is 1. The van der Waals surface area contributed by atoms with E-state index in [1.807, 2.05) is 24.3 Å². The molecule has 0 spiro atoms. The van der Waals surface area contributed by atoms with Crippen molar-refractivity contribution in [3.05, 3.63) is 72.5 Å². The Labute approximate surface area is 108 Å². The van der Waals surface area contributed by atoms with Crippen LogP contribution in [0.25, 0.3) is 0 Å². The van der Waals surface area contributed by atoms with Crippen LogP contribution in [0.4, 0.5) is 11.4 Å². The Morgan fingerprint density at radius 1 is 1.00 bits per heavy atom. The van der Waals surface area contributed by atoms with Crippen LogP contribution in [0.15, 0.2) is 61.4 Å². The van der Waals surface area contributed by atoms with Crippen LogP contribution in [0.5, 0.6) is 0 Å². The minimum Gasteiger partial charge on any atom is -0.497 e. The molecule has 2 aromatic carbocycles. The smallest absolute Gasteiger partial charge is 0.112 e. The molecule has 92 valence electrons. The van der Waals surface area contributed by atoms with E-state index in [0.29, 0.717) is 6.61 Å². The minimum atomic E-state index is 0.564. The van der Waals surface area contributed by atoms with E-state index in [4.69, 9.17) is 4.74 Å². The Kier molecular flexibility index (Phi) is 4.02. The molecule has 0 bridgehead atoms. The molecule has 0 saturated heterocycles. The Morgan fingerprint density at radius 2 is 1.56 bits per heavy atom. The second kappa shape index (κ2) is 5.92. The van der Waals surface area contributed by atoms with Gasteiger partial charge in [-0.15, -0.1) is 0 Å². The number of ether oxygens (including phenoxy) is 1. The molecule has 0 aliphatic heterocycles. The lowest BCUT2D eigenvalue weighted by Gasteiger charge is -2.08. The molecule has 0 aliphatic rings. The molecular formula is C16H17NO. The topological polar surface area (TPSA) is 21.3 Å². The molecule has 2 aromatic rings. The van der Waals surface area contributed by atoms with Crippen molar-refractivity contribution in [1.29, 1.82) is 0 Å². The van der Waals surface area contributed by atoms with Gasteiger partial charge in [0.25, 0.3) is 0 Å². The molecule has 0 heterocycles. The zero-order valence-corrected chi connectivity index (χ0v) is 10.5. The molecule has 0 radical (unpaired) electrons. The van der Waals surface area contributed by atoms with Crippen LogP contribution in [-0.2, 0) is 11.3 Å². The van der Waals surface area contributed by atoms with Gasteiger partial charge in [0.15, 0.2) is 0 Å². The normalized spacial score (nSPS) is 9.83. The molecule has 2 heteroatoms. The molecule has 0 aromatic heterocycles. The van der Waals surface area contributed by atoms with Gasteiger partial charge in [-0.3, -0.25) is 0 Å². The van der Waals surface area contributed by atoms with E-state index in [9.17, 15) is 0 Å². The van der Waals surface area contributed by atoms with Crippen molar-refractivity contribution in [2.75, 3.05) is 5.32 Å². The SMILES string of the molecule is C=COCc1ccc(Nc2ccc(C)cc2)cc1. The summed E-state index contributed by atoms with van der Waals surface area (Å²) < 4.78 is 5.13. The summed E-state index contributed by atoms with van der Waals surface area (Å²) in [7, 11) is 0.